The molecule has 24 heavy (non-hydrogen) atoms. The molecule has 0 saturated heterocycles. The van der Waals surface area contributed by atoms with Crippen LogP contribution in [0.25, 0.3) is 11.4 Å². The number of hydrogen-bond donors (Lipinski definition) is 0. The molecule has 5 nitrogen and oxygen atoms in total. The maximum absolute atomic E-state index is 11.9. The minimum absolute atomic E-state index is 0.339. The van der Waals surface area contributed by atoms with Crippen molar-refractivity contribution in [3.05, 3.63) is 72.1 Å². The SMILES string of the molecule is COC(=O)c1ccccc1Cn1ccnc1-c1cccc(OC)c1. The van der Waals surface area contributed by atoms with Gasteiger partial charge >= 0.3 is 5.97 Å². The number of hydrogen-bond acceptors (Lipinski definition) is 4. The molecule has 0 bridgehead atoms. The van der Waals surface area contributed by atoms with Crippen molar-refractivity contribution < 1.29 is 14.3 Å². The number of rotatable bonds is 5. The lowest BCUT2D eigenvalue weighted by molar-refractivity contribution is 0.0599. The van der Waals surface area contributed by atoms with E-state index in [-0.39, 0.29) is 5.97 Å². The minimum atomic E-state index is -0.339. The normalized spacial score (nSPS) is 10.4. The molecule has 0 saturated carbocycles. The first kappa shape index (κ1) is 15.8. The van der Waals surface area contributed by atoms with Gasteiger partial charge in [-0.05, 0) is 23.8 Å². The number of carbonyl (C=O) groups excluding carboxylic acids is 1. The predicted octanol–water partition coefficient (Wildman–Crippen LogP) is 3.39. The fraction of sp³-hybridized carbons (Fsp3) is 0.158. The molecular formula is C19H18N2O3. The van der Waals surface area contributed by atoms with Gasteiger partial charge in [-0.25, -0.2) is 9.78 Å². The summed E-state index contributed by atoms with van der Waals surface area (Å²) in [7, 11) is 3.02. The van der Waals surface area contributed by atoms with E-state index in [1.165, 1.54) is 7.11 Å². The Morgan fingerprint density at radius 1 is 1.12 bits per heavy atom. The zero-order valence-corrected chi connectivity index (χ0v) is 13.6. The van der Waals surface area contributed by atoms with E-state index in [2.05, 4.69) is 4.98 Å². The Morgan fingerprint density at radius 2 is 1.96 bits per heavy atom. The van der Waals surface area contributed by atoms with Crippen LogP contribution in [-0.4, -0.2) is 29.7 Å². The predicted molar refractivity (Wildman–Crippen MR) is 91.1 cm³/mol. The van der Waals surface area contributed by atoms with Crippen LogP contribution < -0.4 is 4.74 Å². The molecule has 1 aromatic heterocycles. The zero-order valence-electron chi connectivity index (χ0n) is 13.6. The van der Waals surface area contributed by atoms with Gasteiger partial charge in [0, 0.05) is 24.5 Å². The van der Waals surface area contributed by atoms with Crippen molar-refractivity contribution in [2.75, 3.05) is 14.2 Å². The highest BCUT2D eigenvalue weighted by molar-refractivity contribution is 5.91. The maximum atomic E-state index is 11.9. The molecule has 0 fully saturated rings. The molecule has 122 valence electrons. The lowest BCUT2D eigenvalue weighted by Crippen LogP contribution is -2.09. The van der Waals surface area contributed by atoms with Gasteiger partial charge in [-0.2, -0.15) is 0 Å². The van der Waals surface area contributed by atoms with Gasteiger partial charge < -0.3 is 14.0 Å². The second-order valence-corrected chi connectivity index (χ2v) is 5.26. The van der Waals surface area contributed by atoms with E-state index in [4.69, 9.17) is 9.47 Å². The van der Waals surface area contributed by atoms with Gasteiger partial charge in [-0.15, -0.1) is 0 Å². The highest BCUT2D eigenvalue weighted by Gasteiger charge is 2.13. The van der Waals surface area contributed by atoms with Gasteiger partial charge in [-0.3, -0.25) is 0 Å². The van der Waals surface area contributed by atoms with E-state index in [9.17, 15) is 4.79 Å². The summed E-state index contributed by atoms with van der Waals surface area (Å²) < 4.78 is 12.1. The maximum Gasteiger partial charge on any atom is 0.338 e. The molecule has 3 rings (SSSR count). The van der Waals surface area contributed by atoms with E-state index in [1.807, 2.05) is 53.2 Å². The molecule has 0 aliphatic rings. The Bertz CT molecular complexity index is 855. The Balaban J connectivity index is 1.96. The summed E-state index contributed by atoms with van der Waals surface area (Å²) in [5, 5.41) is 0. The van der Waals surface area contributed by atoms with Crippen LogP contribution in [0.5, 0.6) is 5.75 Å². The highest BCUT2D eigenvalue weighted by Crippen LogP contribution is 2.23. The Labute approximate surface area is 140 Å². The van der Waals surface area contributed by atoms with Crippen LogP contribution in [0.15, 0.2) is 60.9 Å². The first-order valence-electron chi connectivity index (χ1n) is 7.54. The second-order valence-electron chi connectivity index (χ2n) is 5.26. The van der Waals surface area contributed by atoms with E-state index < -0.39 is 0 Å². The van der Waals surface area contributed by atoms with Crippen molar-refractivity contribution >= 4 is 5.97 Å². The Morgan fingerprint density at radius 3 is 2.75 bits per heavy atom. The summed E-state index contributed by atoms with van der Waals surface area (Å²) in [6.07, 6.45) is 3.64. The number of esters is 1. The van der Waals surface area contributed by atoms with Gasteiger partial charge in [-0.1, -0.05) is 30.3 Å². The molecule has 0 N–H and O–H groups in total. The summed E-state index contributed by atoms with van der Waals surface area (Å²) in [6.45, 7) is 0.526. The molecule has 0 aliphatic heterocycles. The zero-order chi connectivity index (χ0) is 16.9. The third-order valence-electron chi connectivity index (χ3n) is 3.81. The molecule has 0 radical (unpaired) electrons. The quantitative estimate of drug-likeness (QED) is 0.676. The van der Waals surface area contributed by atoms with Crippen LogP contribution in [0, 0.1) is 0 Å². The van der Waals surface area contributed by atoms with E-state index in [1.54, 1.807) is 19.4 Å². The van der Waals surface area contributed by atoms with E-state index in [0.717, 1.165) is 22.7 Å². The fourth-order valence-corrected chi connectivity index (χ4v) is 2.61. The van der Waals surface area contributed by atoms with Crippen LogP contribution in [-0.2, 0) is 11.3 Å². The molecule has 0 unspecified atom stereocenters. The number of benzene rings is 2. The summed E-state index contributed by atoms with van der Waals surface area (Å²) in [5.41, 5.74) is 2.40. The number of aromatic nitrogens is 2. The van der Waals surface area contributed by atoms with Crippen LogP contribution in [0.4, 0.5) is 0 Å². The van der Waals surface area contributed by atoms with Gasteiger partial charge in [0.05, 0.1) is 19.8 Å². The Kier molecular flexibility index (Phi) is 4.61. The average molecular weight is 322 g/mol. The van der Waals surface area contributed by atoms with Crippen molar-refractivity contribution in [1.82, 2.24) is 9.55 Å². The standard InChI is InChI=1S/C19H18N2O3/c1-23-16-8-5-7-14(12-16)18-20-10-11-21(18)13-15-6-3-4-9-17(15)19(22)24-2/h3-12H,13H2,1-2H3. The topological polar surface area (TPSA) is 53.4 Å². The van der Waals surface area contributed by atoms with Crippen molar-refractivity contribution in [2.45, 2.75) is 6.54 Å². The van der Waals surface area contributed by atoms with Gasteiger partial charge in [0.1, 0.15) is 11.6 Å². The molecule has 3 aromatic rings. The highest BCUT2D eigenvalue weighted by atomic mass is 16.5. The second kappa shape index (κ2) is 7.00. The number of imidazole rings is 1. The molecule has 0 amide bonds. The monoisotopic (exact) mass is 322 g/mol. The molecule has 0 atom stereocenters. The van der Waals surface area contributed by atoms with Gasteiger partial charge in [0.15, 0.2) is 0 Å². The summed E-state index contributed by atoms with van der Waals surface area (Å²) in [5.74, 6) is 1.25. The summed E-state index contributed by atoms with van der Waals surface area (Å²) in [6, 6.07) is 15.2. The smallest absolute Gasteiger partial charge is 0.338 e. The molecule has 2 aromatic carbocycles. The number of nitrogens with zero attached hydrogens (tertiary/aromatic N) is 2. The van der Waals surface area contributed by atoms with E-state index in [0.29, 0.717) is 12.1 Å². The molecule has 1 heterocycles. The van der Waals surface area contributed by atoms with Gasteiger partial charge in [0.2, 0.25) is 0 Å². The van der Waals surface area contributed by atoms with Crippen LogP contribution in [0.2, 0.25) is 0 Å². The number of carbonyl (C=O) groups is 1. The van der Waals surface area contributed by atoms with Crippen molar-refractivity contribution in [3.8, 4) is 17.1 Å². The first-order valence-corrected chi connectivity index (χ1v) is 7.54. The molecular weight excluding hydrogens is 304 g/mol. The summed E-state index contributed by atoms with van der Waals surface area (Å²) in [4.78, 5) is 16.4. The van der Waals surface area contributed by atoms with Crippen LogP contribution >= 0.6 is 0 Å². The number of methoxy groups -OCH3 is 2. The number of ether oxygens (including phenoxy) is 2. The molecule has 0 aliphatic carbocycles. The average Bonchev–Trinajstić information content (AvgIpc) is 3.09. The van der Waals surface area contributed by atoms with Crippen molar-refractivity contribution in [2.24, 2.45) is 0 Å². The molecule has 5 heteroatoms. The fourth-order valence-electron chi connectivity index (χ4n) is 2.61. The lowest BCUT2D eigenvalue weighted by Gasteiger charge is -2.12. The van der Waals surface area contributed by atoms with Crippen molar-refractivity contribution in [1.29, 1.82) is 0 Å². The third-order valence-corrected chi connectivity index (χ3v) is 3.81. The summed E-state index contributed by atoms with van der Waals surface area (Å²) >= 11 is 0. The van der Waals surface area contributed by atoms with Crippen LogP contribution in [0.3, 0.4) is 0 Å². The Hall–Kier alpha value is -3.08. The lowest BCUT2D eigenvalue weighted by atomic mass is 10.1. The van der Waals surface area contributed by atoms with Gasteiger partial charge in [0.25, 0.3) is 0 Å². The minimum Gasteiger partial charge on any atom is -0.497 e. The largest absolute Gasteiger partial charge is 0.497 e. The van der Waals surface area contributed by atoms with E-state index >= 15 is 0 Å². The van der Waals surface area contributed by atoms with Crippen molar-refractivity contribution in [3.63, 3.8) is 0 Å². The first-order chi connectivity index (χ1) is 11.7. The van der Waals surface area contributed by atoms with Crippen LogP contribution in [0.1, 0.15) is 15.9 Å². The molecule has 0 spiro atoms. The third kappa shape index (κ3) is 3.15.